The van der Waals surface area contributed by atoms with Gasteiger partial charge in [-0.25, -0.2) is 0 Å². The molecule has 1 heterocycles. The highest BCUT2D eigenvalue weighted by molar-refractivity contribution is 5.94. The molecule has 1 amide bonds. The minimum atomic E-state index is -0.0688. The molecule has 0 spiro atoms. The Hall–Kier alpha value is -2.81. The number of carbonyl (C=O) groups excluding carboxylic acids is 1. The van der Waals surface area contributed by atoms with Crippen molar-refractivity contribution >= 4 is 16.8 Å². The van der Waals surface area contributed by atoms with Gasteiger partial charge in [0.25, 0.3) is 5.91 Å². The molecule has 110 valence electrons. The van der Waals surface area contributed by atoms with Gasteiger partial charge in [-0.2, -0.15) is 0 Å². The van der Waals surface area contributed by atoms with E-state index in [4.69, 9.17) is 0 Å². The minimum absolute atomic E-state index is 0.0688. The van der Waals surface area contributed by atoms with E-state index in [1.54, 1.807) is 6.08 Å². The number of fused-ring (bicyclic) bond motifs is 1. The van der Waals surface area contributed by atoms with Gasteiger partial charge in [0, 0.05) is 29.2 Å². The van der Waals surface area contributed by atoms with Crippen molar-refractivity contribution in [3.8, 4) is 0 Å². The number of carbonyl (C=O) groups is 1. The summed E-state index contributed by atoms with van der Waals surface area (Å²) < 4.78 is 0. The number of rotatable bonds is 5. The van der Waals surface area contributed by atoms with Crippen LogP contribution in [0.1, 0.15) is 21.5 Å². The molecule has 3 rings (SSSR count). The number of aromatic nitrogens is 1. The summed E-state index contributed by atoms with van der Waals surface area (Å²) in [5.41, 5.74) is 4.17. The number of hydrogen-bond acceptors (Lipinski definition) is 1. The van der Waals surface area contributed by atoms with E-state index in [1.807, 2.05) is 42.6 Å². The smallest absolute Gasteiger partial charge is 0.251 e. The van der Waals surface area contributed by atoms with Gasteiger partial charge in [-0.15, -0.1) is 6.58 Å². The first-order valence-electron chi connectivity index (χ1n) is 7.31. The van der Waals surface area contributed by atoms with Crippen LogP contribution in [-0.4, -0.2) is 17.4 Å². The van der Waals surface area contributed by atoms with Gasteiger partial charge >= 0.3 is 0 Å². The fourth-order valence-corrected chi connectivity index (χ4v) is 2.59. The Kier molecular flexibility index (Phi) is 4.05. The lowest BCUT2D eigenvalue weighted by molar-refractivity contribution is 0.0958. The van der Waals surface area contributed by atoms with E-state index in [2.05, 4.69) is 29.0 Å². The van der Waals surface area contributed by atoms with Crippen LogP contribution in [0.15, 0.2) is 67.4 Å². The van der Waals surface area contributed by atoms with Gasteiger partial charge < -0.3 is 10.3 Å². The number of benzene rings is 2. The quantitative estimate of drug-likeness (QED) is 0.692. The van der Waals surface area contributed by atoms with Crippen molar-refractivity contribution in [3.63, 3.8) is 0 Å². The lowest BCUT2D eigenvalue weighted by Crippen LogP contribution is -2.23. The van der Waals surface area contributed by atoms with Crippen molar-refractivity contribution in [1.82, 2.24) is 10.3 Å². The van der Waals surface area contributed by atoms with Gasteiger partial charge in [0.1, 0.15) is 0 Å². The fraction of sp³-hybridized carbons (Fsp3) is 0.105. The molecule has 0 bridgehead atoms. The standard InChI is InChI=1S/C19H18N2O/c1-2-10-20-19(22)15-7-5-6-14(11-15)12-16-13-21-18-9-4-3-8-17(16)18/h2-9,11,13,21H,1,10,12H2,(H,20,22). The lowest BCUT2D eigenvalue weighted by Gasteiger charge is -2.05. The first-order chi connectivity index (χ1) is 10.8. The molecule has 1 aromatic heterocycles. The molecule has 0 atom stereocenters. The second-order valence-electron chi connectivity index (χ2n) is 5.24. The van der Waals surface area contributed by atoms with Crippen LogP contribution in [0.25, 0.3) is 10.9 Å². The molecule has 3 nitrogen and oxygen atoms in total. The minimum Gasteiger partial charge on any atom is -0.361 e. The van der Waals surface area contributed by atoms with Gasteiger partial charge in [0.05, 0.1) is 0 Å². The van der Waals surface area contributed by atoms with E-state index in [-0.39, 0.29) is 5.91 Å². The average molecular weight is 290 g/mol. The van der Waals surface area contributed by atoms with E-state index in [0.717, 1.165) is 17.5 Å². The van der Waals surface area contributed by atoms with Crippen molar-refractivity contribution in [2.24, 2.45) is 0 Å². The van der Waals surface area contributed by atoms with E-state index in [1.165, 1.54) is 10.9 Å². The maximum atomic E-state index is 12.0. The van der Waals surface area contributed by atoms with Gasteiger partial charge in [-0.1, -0.05) is 36.4 Å². The Labute approximate surface area is 129 Å². The zero-order valence-electron chi connectivity index (χ0n) is 12.3. The highest BCUT2D eigenvalue weighted by Crippen LogP contribution is 2.21. The fourth-order valence-electron chi connectivity index (χ4n) is 2.59. The molecule has 3 heteroatoms. The van der Waals surface area contributed by atoms with E-state index in [0.29, 0.717) is 12.1 Å². The predicted octanol–water partition coefficient (Wildman–Crippen LogP) is 3.67. The predicted molar refractivity (Wildman–Crippen MR) is 90.1 cm³/mol. The van der Waals surface area contributed by atoms with Crippen LogP contribution < -0.4 is 5.32 Å². The maximum Gasteiger partial charge on any atom is 0.251 e. The second-order valence-corrected chi connectivity index (χ2v) is 5.24. The molecule has 0 fully saturated rings. The largest absolute Gasteiger partial charge is 0.361 e. The summed E-state index contributed by atoms with van der Waals surface area (Å²) in [6, 6.07) is 16.0. The Morgan fingerprint density at radius 1 is 1.18 bits per heavy atom. The summed E-state index contributed by atoms with van der Waals surface area (Å²) in [4.78, 5) is 15.3. The second kappa shape index (κ2) is 6.31. The molecular formula is C19H18N2O. The molecule has 2 N–H and O–H groups in total. The van der Waals surface area contributed by atoms with E-state index < -0.39 is 0 Å². The molecule has 0 saturated carbocycles. The topological polar surface area (TPSA) is 44.9 Å². The summed E-state index contributed by atoms with van der Waals surface area (Å²) >= 11 is 0. The molecule has 0 aliphatic heterocycles. The van der Waals surface area contributed by atoms with Crippen LogP contribution in [0.4, 0.5) is 0 Å². The molecule has 0 saturated heterocycles. The van der Waals surface area contributed by atoms with Crippen LogP contribution >= 0.6 is 0 Å². The van der Waals surface area contributed by atoms with Crippen LogP contribution in [0.5, 0.6) is 0 Å². The summed E-state index contributed by atoms with van der Waals surface area (Å²) in [7, 11) is 0. The van der Waals surface area contributed by atoms with Crippen molar-refractivity contribution in [3.05, 3.63) is 84.1 Å². The number of amides is 1. The number of hydrogen-bond donors (Lipinski definition) is 2. The van der Waals surface area contributed by atoms with Crippen LogP contribution in [0.2, 0.25) is 0 Å². The zero-order chi connectivity index (χ0) is 15.4. The maximum absolute atomic E-state index is 12.0. The van der Waals surface area contributed by atoms with Gasteiger partial charge in [0.15, 0.2) is 0 Å². The summed E-state index contributed by atoms with van der Waals surface area (Å²) in [6.07, 6.45) is 4.51. The average Bonchev–Trinajstić information content (AvgIpc) is 2.96. The molecule has 2 aromatic carbocycles. The van der Waals surface area contributed by atoms with Gasteiger partial charge in [-0.3, -0.25) is 4.79 Å². The monoisotopic (exact) mass is 290 g/mol. The molecule has 0 aliphatic rings. The van der Waals surface area contributed by atoms with Crippen LogP contribution in [-0.2, 0) is 6.42 Å². The van der Waals surface area contributed by atoms with Crippen LogP contribution in [0, 0.1) is 0 Å². The summed E-state index contributed by atoms with van der Waals surface area (Å²) in [6.45, 7) is 4.08. The Bertz CT molecular complexity index is 817. The highest BCUT2D eigenvalue weighted by Gasteiger charge is 2.07. The molecular weight excluding hydrogens is 272 g/mol. The molecule has 0 aliphatic carbocycles. The van der Waals surface area contributed by atoms with E-state index in [9.17, 15) is 4.79 Å². The van der Waals surface area contributed by atoms with Crippen molar-refractivity contribution in [1.29, 1.82) is 0 Å². The normalized spacial score (nSPS) is 10.5. The summed E-state index contributed by atoms with van der Waals surface area (Å²) in [5, 5.41) is 4.03. The lowest BCUT2D eigenvalue weighted by atomic mass is 10.0. The first-order valence-corrected chi connectivity index (χ1v) is 7.31. The SMILES string of the molecule is C=CCNC(=O)c1cccc(Cc2c[nH]c3ccccc23)c1. The van der Waals surface area contributed by atoms with E-state index >= 15 is 0 Å². The van der Waals surface area contributed by atoms with Crippen molar-refractivity contribution in [2.45, 2.75) is 6.42 Å². The Morgan fingerprint density at radius 2 is 2.05 bits per heavy atom. The molecule has 0 unspecified atom stereocenters. The van der Waals surface area contributed by atoms with Gasteiger partial charge in [-0.05, 0) is 35.7 Å². The number of H-pyrrole nitrogens is 1. The molecule has 22 heavy (non-hydrogen) atoms. The van der Waals surface area contributed by atoms with Gasteiger partial charge in [0.2, 0.25) is 0 Å². The third-order valence-corrected chi connectivity index (χ3v) is 3.67. The van der Waals surface area contributed by atoms with Crippen molar-refractivity contribution < 1.29 is 4.79 Å². The first kappa shape index (κ1) is 14.1. The summed E-state index contributed by atoms with van der Waals surface area (Å²) in [5.74, 6) is -0.0688. The Morgan fingerprint density at radius 3 is 2.91 bits per heavy atom. The van der Waals surface area contributed by atoms with Crippen molar-refractivity contribution in [2.75, 3.05) is 6.54 Å². The van der Waals surface area contributed by atoms with Crippen LogP contribution in [0.3, 0.4) is 0 Å². The Balaban J connectivity index is 1.83. The number of aromatic amines is 1. The molecule has 0 radical (unpaired) electrons. The third-order valence-electron chi connectivity index (χ3n) is 3.67. The molecule has 3 aromatic rings. The number of nitrogens with one attached hydrogen (secondary N) is 2. The highest BCUT2D eigenvalue weighted by atomic mass is 16.1. The third kappa shape index (κ3) is 2.93. The zero-order valence-corrected chi connectivity index (χ0v) is 12.3. The number of para-hydroxylation sites is 1.